The van der Waals surface area contributed by atoms with Crippen molar-refractivity contribution in [2.45, 2.75) is 46.9 Å². The maximum absolute atomic E-state index is 9.21. The van der Waals surface area contributed by atoms with Gasteiger partial charge in [-0.25, -0.2) is 0 Å². The summed E-state index contributed by atoms with van der Waals surface area (Å²) in [7, 11) is 0. The van der Waals surface area contributed by atoms with Crippen LogP contribution in [0.4, 0.5) is 0 Å². The first-order valence-corrected chi connectivity index (χ1v) is 13.0. The number of aromatic nitrogens is 1. The zero-order valence-electron chi connectivity index (χ0n) is 23.9. The van der Waals surface area contributed by atoms with Crippen LogP contribution in [0.5, 0.6) is 0 Å². The monoisotopic (exact) mass is 476 g/mol. The van der Waals surface area contributed by atoms with E-state index < -0.39 is 17.7 Å². The molecule has 0 amide bonds. The maximum atomic E-state index is 9.21. The molecule has 2 heteroatoms. The Bertz CT molecular complexity index is 1870. The van der Waals surface area contributed by atoms with Gasteiger partial charge in [-0.3, -0.25) is 4.98 Å². The van der Waals surface area contributed by atoms with E-state index in [1.54, 1.807) is 17.5 Å². The average Bonchev–Trinajstić information content (AvgIpc) is 3.24. The van der Waals surface area contributed by atoms with E-state index in [0.717, 1.165) is 42.4 Å². The number of hydrogen-bond donors (Lipinski definition) is 0. The van der Waals surface area contributed by atoms with Gasteiger partial charge < -0.3 is 0 Å². The fourth-order valence-corrected chi connectivity index (χ4v) is 6.25. The van der Waals surface area contributed by atoms with Crippen LogP contribution in [-0.2, 0) is 6.37 Å². The molecule has 0 aliphatic rings. The van der Waals surface area contributed by atoms with E-state index in [1.807, 2.05) is 58.9 Å². The van der Waals surface area contributed by atoms with Crippen molar-refractivity contribution in [3.05, 3.63) is 90.1 Å². The summed E-state index contributed by atoms with van der Waals surface area (Å²) in [6.07, 6.45) is 0.234. The highest BCUT2D eigenvalue weighted by Crippen LogP contribution is 2.45. The minimum Gasteiger partial charge on any atom is -0.256 e. The van der Waals surface area contributed by atoms with E-state index >= 15 is 0 Å². The predicted molar refractivity (Wildman–Crippen MR) is 155 cm³/mol. The van der Waals surface area contributed by atoms with Crippen LogP contribution in [0.25, 0.3) is 53.0 Å². The molecule has 0 radical (unpaired) electrons. The molecule has 6 aromatic rings. The summed E-state index contributed by atoms with van der Waals surface area (Å²) in [6, 6.07) is 25.2. The summed E-state index contributed by atoms with van der Waals surface area (Å²) in [4.78, 5) is 4.71. The SMILES string of the molecule is [2H]C(C)(C)c1ccnc(-c2ccc(C([2H])([2H])C(C)(C)C)c3c2sc2cc4c(ccc5ccccc54)cc23)c1. The number of hydrogen-bond acceptors (Lipinski definition) is 2. The molecule has 4 aromatic carbocycles. The third kappa shape index (κ3) is 3.90. The first-order valence-electron chi connectivity index (χ1n) is 13.6. The first-order chi connectivity index (χ1) is 17.9. The molecular formula is C33H31NS. The van der Waals surface area contributed by atoms with Gasteiger partial charge in [-0.15, -0.1) is 11.3 Å². The topological polar surface area (TPSA) is 12.9 Å². The summed E-state index contributed by atoms with van der Waals surface area (Å²) in [6.45, 7) is 9.66. The van der Waals surface area contributed by atoms with Crippen molar-refractivity contribution in [2.75, 3.05) is 0 Å². The minimum absolute atomic E-state index is 0.587. The van der Waals surface area contributed by atoms with Gasteiger partial charge in [0.05, 0.1) is 5.69 Å². The van der Waals surface area contributed by atoms with Gasteiger partial charge >= 0.3 is 0 Å². The Morgan fingerprint density at radius 3 is 2.49 bits per heavy atom. The molecule has 2 heterocycles. The average molecular weight is 477 g/mol. The molecule has 0 spiro atoms. The predicted octanol–water partition coefficient (Wildman–Crippen LogP) is 10.1. The summed E-state index contributed by atoms with van der Waals surface area (Å²) >= 11 is 1.71. The molecule has 0 bridgehead atoms. The normalized spacial score (nSPS) is 14.5. The highest BCUT2D eigenvalue weighted by Gasteiger charge is 2.20. The van der Waals surface area contributed by atoms with E-state index in [0.29, 0.717) is 5.56 Å². The van der Waals surface area contributed by atoms with Crippen LogP contribution in [0, 0.1) is 5.41 Å². The second-order valence-corrected chi connectivity index (χ2v) is 11.7. The minimum atomic E-state index is -1.55. The van der Waals surface area contributed by atoms with E-state index in [9.17, 15) is 2.74 Å². The molecule has 0 saturated carbocycles. The molecule has 1 nitrogen and oxygen atoms in total. The molecular weight excluding hydrogens is 442 g/mol. The van der Waals surface area contributed by atoms with Gasteiger partial charge in [-0.05, 0) is 74.6 Å². The lowest BCUT2D eigenvalue weighted by Crippen LogP contribution is -2.09. The van der Waals surface area contributed by atoms with Crippen LogP contribution in [0.3, 0.4) is 0 Å². The van der Waals surface area contributed by atoms with Gasteiger partial charge in [0.25, 0.3) is 0 Å². The largest absolute Gasteiger partial charge is 0.256 e. The fraction of sp³-hybridized carbons (Fsp3) is 0.242. The zero-order valence-corrected chi connectivity index (χ0v) is 21.7. The fourth-order valence-electron chi connectivity index (χ4n) is 4.98. The van der Waals surface area contributed by atoms with Gasteiger partial charge in [-0.1, -0.05) is 83.1 Å². The molecule has 2 aromatic heterocycles. The van der Waals surface area contributed by atoms with Crippen molar-refractivity contribution in [3.8, 4) is 11.3 Å². The third-order valence-corrected chi connectivity index (χ3v) is 7.79. The Morgan fingerprint density at radius 1 is 0.886 bits per heavy atom. The van der Waals surface area contributed by atoms with Gasteiger partial charge in [0.15, 0.2) is 0 Å². The summed E-state index contributed by atoms with van der Waals surface area (Å²) < 4.78 is 29.1. The highest BCUT2D eigenvalue weighted by molar-refractivity contribution is 7.26. The van der Waals surface area contributed by atoms with Crippen LogP contribution in [-0.4, -0.2) is 4.98 Å². The van der Waals surface area contributed by atoms with Gasteiger partial charge in [0, 0.05) is 36.0 Å². The lowest BCUT2D eigenvalue weighted by Gasteiger charge is -2.20. The number of fused-ring (bicyclic) bond motifs is 6. The van der Waals surface area contributed by atoms with E-state index in [4.69, 9.17) is 6.35 Å². The number of thiophene rings is 1. The second-order valence-electron chi connectivity index (χ2n) is 10.6. The number of rotatable bonds is 3. The first kappa shape index (κ1) is 19.0. The highest BCUT2D eigenvalue weighted by atomic mass is 32.1. The van der Waals surface area contributed by atoms with Crippen LogP contribution >= 0.6 is 11.3 Å². The second kappa shape index (κ2) is 8.17. The number of benzene rings is 4. The molecule has 0 fully saturated rings. The Morgan fingerprint density at radius 2 is 1.69 bits per heavy atom. The van der Waals surface area contributed by atoms with Gasteiger partial charge in [0.1, 0.15) is 0 Å². The summed E-state index contributed by atoms with van der Waals surface area (Å²) in [5.74, 6) is -0.737. The molecule has 0 unspecified atom stereocenters. The molecule has 0 aliphatic carbocycles. The lowest BCUT2D eigenvalue weighted by atomic mass is 9.85. The molecule has 0 saturated heterocycles. The Kier molecular flexibility index (Phi) is 4.44. The molecule has 35 heavy (non-hydrogen) atoms. The molecule has 6 rings (SSSR count). The van der Waals surface area contributed by atoms with Crippen molar-refractivity contribution < 1.29 is 4.11 Å². The third-order valence-electron chi connectivity index (χ3n) is 6.61. The summed E-state index contributed by atoms with van der Waals surface area (Å²) in [5, 5.41) is 6.84. The standard InChI is InChI=1S/C33H31NS/c1-20(2)22-14-15-34-29(17-22)26-13-12-24(19-33(3,4)5)31-28-16-23-11-10-21-8-6-7-9-25(21)27(23)18-30(28)35-32(26)31/h6-18,20H,19H2,1-5H3/i19D2,20D. The van der Waals surface area contributed by atoms with E-state index in [2.05, 4.69) is 48.5 Å². The van der Waals surface area contributed by atoms with Crippen LogP contribution in [0.1, 0.15) is 55.8 Å². The Balaban J connectivity index is 1.74. The van der Waals surface area contributed by atoms with Crippen molar-refractivity contribution in [1.29, 1.82) is 0 Å². The molecule has 0 atom stereocenters. The number of nitrogens with zero attached hydrogens (tertiary/aromatic N) is 1. The van der Waals surface area contributed by atoms with Crippen molar-refractivity contribution in [1.82, 2.24) is 4.98 Å². The van der Waals surface area contributed by atoms with Crippen LogP contribution in [0.15, 0.2) is 79.0 Å². The molecule has 0 aliphatic heterocycles. The van der Waals surface area contributed by atoms with Crippen LogP contribution < -0.4 is 0 Å². The quantitative estimate of drug-likeness (QED) is 0.231. The number of pyridine rings is 1. The van der Waals surface area contributed by atoms with E-state index in [-0.39, 0.29) is 0 Å². The van der Waals surface area contributed by atoms with Crippen molar-refractivity contribution >= 4 is 53.1 Å². The van der Waals surface area contributed by atoms with Crippen LogP contribution in [0.2, 0.25) is 0 Å². The lowest BCUT2D eigenvalue weighted by molar-refractivity contribution is 0.413. The zero-order chi connectivity index (χ0) is 27.0. The van der Waals surface area contributed by atoms with Gasteiger partial charge in [0.2, 0.25) is 0 Å². The van der Waals surface area contributed by atoms with Crippen molar-refractivity contribution in [3.63, 3.8) is 0 Å². The summed E-state index contributed by atoms with van der Waals surface area (Å²) in [5.41, 5.74) is 2.83. The Labute approximate surface area is 215 Å². The molecule has 174 valence electrons. The maximum Gasteiger partial charge on any atom is 0.0719 e. The van der Waals surface area contributed by atoms with E-state index in [1.165, 1.54) is 16.2 Å². The molecule has 0 N–H and O–H groups in total. The van der Waals surface area contributed by atoms with Gasteiger partial charge in [-0.2, -0.15) is 0 Å². The smallest absolute Gasteiger partial charge is 0.0719 e. The van der Waals surface area contributed by atoms with Crippen molar-refractivity contribution in [2.24, 2.45) is 5.41 Å². The Hall–Kier alpha value is -3.23.